The summed E-state index contributed by atoms with van der Waals surface area (Å²) >= 11 is -0.108. The molecule has 0 unspecified atom stereocenters. The van der Waals surface area contributed by atoms with E-state index in [-0.39, 0.29) is 27.9 Å². The molecule has 77 heavy (non-hydrogen) atoms. The molecular weight excluding hydrogens is 997 g/mol. The van der Waals surface area contributed by atoms with Gasteiger partial charge < -0.3 is 0 Å². The molecule has 1 aromatic heterocycles. The fourth-order valence-electron chi connectivity index (χ4n) is 13.6. The SMILES string of the molecule is c1ccc(-c2cc3c4c(c2)N2c5c(ccc6c5N(c5cc(-c7ccccc7)cc7c5B6c5ccccc5N7c5ccccc5)c5c(-c6ccccc6)[se]c(-c6ccccc6)c52)B4c2ccccc2N3c2ccccc2)cc1. The molecule has 0 atom stereocenters. The molecule has 0 bridgehead atoms. The molecule has 0 amide bonds. The number of nitrogens with zero attached hydrogens (tertiary/aromatic N) is 4. The summed E-state index contributed by atoms with van der Waals surface area (Å²) in [7, 11) is 0. The van der Waals surface area contributed by atoms with Gasteiger partial charge in [0, 0.05) is 0 Å². The standard InChI is InChI=1S/C70H44B2N4Se/c1-7-23-45(24-8-1)49-41-59-63-61(43-49)75-65-55(71(63)53-35-19-21-37-57(53)73(59)51-31-15-5-16-32-51)39-40-56-66(65)76(68-67(75)69(47-27-11-3-12-28-47)77-70(68)48-29-13-4-14-30-48)62-44-50(46-25-9-2-10-26-46)42-60-64(62)72(56)54-36-20-22-38-58(54)74(60)52-33-17-6-18-34-52/h1-44H. The van der Waals surface area contributed by atoms with Crippen LogP contribution in [-0.4, -0.2) is 27.9 Å². The van der Waals surface area contributed by atoms with Crippen LogP contribution < -0.4 is 52.4 Å². The van der Waals surface area contributed by atoms with E-state index in [1.54, 1.807) is 0 Å². The van der Waals surface area contributed by atoms with Crippen molar-refractivity contribution in [3.05, 3.63) is 267 Å². The molecule has 7 heteroatoms. The third kappa shape index (κ3) is 6.13. The van der Waals surface area contributed by atoms with E-state index in [4.69, 9.17) is 0 Å². The Hall–Kier alpha value is -9.25. The van der Waals surface area contributed by atoms with E-state index in [2.05, 4.69) is 287 Å². The summed E-state index contributed by atoms with van der Waals surface area (Å²) in [6.45, 7) is -0.1000. The van der Waals surface area contributed by atoms with Crippen molar-refractivity contribution in [1.82, 2.24) is 0 Å². The van der Waals surface area contributed by atoms with E-state index in [1.165, 1.54) is 132 Å². The van der Waals surface area contributed by atoms with Crippen LogP contribution in [0.3, 0.4) is 0 Å². The molecule has 6 heterocycles. The summed E-state index contributed by atoms with van der Waals surface area (Å²) < 4.78 is 2.77. The topological polar surface area (TPSA) is 13.0 Å². The summed E-state index contributed by atoms with van der Waals surface area (Å²) in [5.41, 5.74) is 29.9. The second kappa shape index (κ2) is 16.6. The Labute approximate surface area is 454 Å². The molecule has 0 saturated carbocycles. The van der Waals surface area contributed by atoms with Crippen LogP contribution in [0.2, 0.25) is 0 Å². The number of anilines is 12. The van der Waals surface area contributed by atoms with Gasteiger partial charge >= 0.3 is 458 Å². The third-order valence-electron chi connectivity index (χ3n) is 16.7. The van der Waals surface area contributed by atoms with Crippen molar-refractivity contribution >= 4 is 129 Å². The van der Waals surface area contributed by atoms with Crippen molar-refractivity contribution in [3.8, 4) is 42.3 Å². The summed E-state index contributed by atoms with van der Waals surface area (Å²) in [5, 5.41) is 0. The van der Waals surface area contributed by atoms with Crippen LogP contribution in [0.4, 0.5) is 68.2 Å². The first kappa shape index (κ1) is 43.0. The van der Waals surface area contributed by atoms with Gasteiger partial charge in [0.05, 0.1) is 0 Å². The molecule has 17 rings (SSSR count). The number of hydrogen-bond donors (Lipinski definition) is 0. The van der Waals surface area contributed by atoms with Crippen molar-refractivity contribution in [2.24, 2.45) is 0 Å². The van der Waals surface area contributed by atoms with Crippen molar-refractivity contribution < 1.29 is 0 Å². The number of rotatable bonds is 6. The van der Waals surface area contributed by atoms with Crippen LogP contribution >= 0.6 is 0 Å². The van der Waals surface area contributed by atoms with Crippen molar-refractivity contribution in [2.75, 3.05) is 19.6 Å². The molecule has 12 aromatic rings. The first-order chi connectivity index (χ1) is 38.3. The molecule has 0 aliphatic carbocycles. The van der Waals surface area contributed by atoms with E-state index in [0.29, 0.717) is 0 Å². The van der Waals surface area contributed by atoms with Crippen LogP contribution in [0.25, 0.3) is 42.3 Å². The predicted molar refractivity (Wildman–Crippen MR) is 327 cm³/mol. The number of hydrogen-bond acceptors (Lipinski definition) is 4. The van der Waals surface area contributed by atoms with Gasteiger partial charge in [-0.15, -0.1) is 0 Å². The van der Waals surface area contributed by atoms with Crippen molar-refractivity contribution in [2.45, 2.75) is 0 Å². The molecule has 4 nitrogen and oxygen atoms in total. The van der Waals surface area contributed by atoms with Crippen LogP contribution in [0, 0.1) is 0 Å². The maximum absolute atomic E-state index is 2.77. The van der Waals surface area contributed by atoms with Gasteiger partial charge in [-0.05, 0) is 0 Å². The molecule has 11 aromatic carbocycles. The fourth-order valence-corrected chi connectivity index (χ4v) is 16.3. The van der Waals surface area contributed by atoms with E-state index in [0.717, 1.165) is 11.4 Å². The summed E-state index contributed by atoms with van der Waals surface area (Å²) in [6, 6.07) is 100. The summed E-state index contributed by atoms with van der Waals surface area (Å²) in [4.78, 5) is 10.6. The van der Waals surface area contributed by atoms with E-state index >= 15 is 0 Å². The number of para-hydroxylation sites is 4. The van der Waals surface area contributed by atoms with Gasteiger partial charge in [-0.25, -0.2) is 0 Å². The zero-order valence-corrected chi connectivity index (χ0v) is 43.5. The first-order valence-electron chi connectivity index (χ1n) is 26.7. The monoisotopic (exact) mass is 1040 g/mol. The minimum atomic E-state index is -0.108. The van der Waals surface area contributed by atoms with Gasteiger partial charge in [-0.1, -0.05) is 0 Å². The summed E-state index contributed by atoms with van der Waals surface area (Å²) in [5.74, 6) is 0. The summed E-state index contributed by atoms with van der Waals surface area (Å²) in [6.07, 6.45) is 0. The Kier molecular flexibility index (Phi) is 9.29. The van der Waals surface area contributed by atoms with Gasteiger partial charge in [0.2, 0.25) is 0 Å². The molecular formula is C70H44B2N4Se. The van der Waals surface area contributed by atoms with Crippen LogP contribution in [0.1, 0.15) is 0 Å². The van der Waals surface area contributed by atoms with Gasteiger partial charge in [0.15, 0.2) is 0 Å². The molecule has 0 fully saturated rings. The predicted octanol–water partition coefficient (Wildman–Crippen LogP) is 13.9. The molecule has 356 valence electrons. The average Bonchev–Trinajstić information content (AvgIpc) is 4.16. The van der Waals surface area contributed by atoms with E-state index in [9.17, 15) is 0 Å². The fraction of sp³-hybridized carbons (Fsp3) is 0. The van der Waals surface area contributed by atoms with Crippen LogP contribution in [0.15, 0.2) is 267 Å². The van der Waals surface area contributed by atoms with E-state index in [1.807, 2.05) is 0 Å². The third-order valence-corrected chi connectivity index (χ3v) is 19.4. The molecule has 5 aliphatic rings. The van der Waals surface area contributed by atoms with E-state index < -0.39 is 0 Å². The second-order valence-electron chi connectivity index (χ2n) is 20.7. The Morgan fingerprint density at radius 1 is 0.234 bits per heavy atom. The zero-order chi connectivity index (χ0) is 50.3. The van der Waals surface area contributed by atoms with Gasteiger partial charge in [0.25, 0.3) is 0 Å². The molecule has 0 saturated heterocycles. The van der Waals surface area contributed by atoms with Crippen LogP contribution in [-0.2, 0) is 0 Å². The van der Waals surface area contributed by atoms with Crippen molar-refractivity contribution in [3.63, 3.8) is 0 Å². The van der Waals surface area contributed by atoms with Gasteiger partial charge in [-0.2, -0.15) is 0 Å². The maximum atomic E-state index is 2.77. The zero-order valence-electron chi connectivity index (χ0n) is 41.8. The Balaban J connectivity index is 1.06. The van der Waals surface area contributed by atoms with Crippen molar-refractivity contribution in [1.29, 1.82) is 0 Å². The average molecular weight is 1040 g/mol. The second-order valence-corrected chi connectivity index (χ2v) is 22.9. The molecule has 0 spiro atoms. The normalized spacial score (nSPS) is 13.6. The molecule has 5 aliphatic heterocycles. The van der Waals surface area contributed by atoms with Gasteiger partial charge in [0.1, 0.15) is 0 Å². The van der Waals surface area contributed by atoms with Gasteiger partial charge in [-0.3, -0.25) is 0 Å². The Morgan fingerprint density at radius 3 is 0.922 bits per heavy atom. The van der Waals surface area contributed by atoms with Crippen LogP contribution in [0.5, 0.6) is 0 Å². The number of benzene rings is 11. The minimum absolute atomic E-state index is 0.0500. The first-order valence-corrected chi connectivity index (χ1v) is 28.4. The molecule has 0 radical (unpaired) electrons. The Morgan fingerprint density at radius 2 is 0.545 bits per heavy atom. The Bertz CT molecular complexity index is 4080. The quantitative estimate of drug-likeness (QED) is 0.154. The molecule has 0 N–H and O–H groups in total. The number of fused-ring (bicyclic) bond motifs is 11.